The fourth-order valence-corrected chi connectivity index (χ4v) is 3.19. The van der Waals surface area contributed by atoms with Crippen molar-refractivity contribution in [3.05, 3.63) is 0 Å². The van der Waals surface area contributed by atoms with Crippen LogP contribution in [0.2, 0.25) is 0 Å². The van der Waals surface area contributed by atoms with E-state index in [4.69, 9.17) is 4.74 Å². The Bertz CT molecular complexity index is 262. The fraction of sp³-hybridized carbons (Fsp3) is 0.938. The summed E-state index contributed by atoms with van der Waals surface area (Å²) in [5.74, 6) is 1.50. The van der Waals surface area contributed by atoms with Gasteiger partial charge < -0.3 is 4.74 Å². The van der Waals surface area contributed by atoms with Crippen molar-refractivity contribution in [1.29, 1.82) is 0 Å². The number of ether oxygens (including phenoxy) is 1. The van der Waals surface area contributed by atoms with Gasteiger partial charge in [0.15, 0.2) is 0 Å². The smallest absolute Gasteiger partial charge is 0.139 e. The molecule has 2 heteroatoms. The molecule has 0 bridgehead atoms. The largest absolute Gasteiger partial charge is 0.375 e. The Hall–Kier alpha value is -0.370. The number of ketones is 1. The summed E-state index contributed by atoms with van der Waals surface area (Å²) in [5, 5.41) is 0. The molecular formula is C16H30O2. The van der Waals surface area contributed by atoms with Gasteiger partial charge in [0.1, 0.15) is 5.78 Å². The molecule has 1 aliphatic rings. The Balaban J connectivity index is 2.53. The van der Waals surface area contributed by atoms with E-state index in [1.807, 2.05) is 0 Å². The van der Waals surface area contributed by atoms with E-state index in [0.29, 0.717) is 17.6 Å². The van der Waals surface area contributed by atoms with Gasteiger partial charge in [0.25, 0.3) is 0 Å². The van der Waals surface area contributed by atoms with Gasteiger partial charge >= 0.3 is 0 Å². The van der Waals surface area contributed by atoms with Crippen LogP contribution in [-0.2, 0) is 9.53 Å². The highest BCUT2D eigenvalue weighted by molar-refractivity contribution is 5.82. The van der Waals surface area contributed by atoms with E-state index in [1.54, 1.807) is 0 Å². The van der Waals surface area contributed by atoms with Crippen molar-refractivity contribution >= 4 is 5.78 Å². The Labute approximate surface area is 112 Å². The first-order valence-electron chi connectivity index (χ1n) is 7.69. The Morgan fingerprint density at radius 2 is 1.83 bits per heavy atom. The molecule has 1 aliphatic heterocycles. The lowest BCUT2D eigenvalue weighted by Gasteiger charge is -2.20. The van der Waals surface area contributed by atoms with Crippen LogP contribution in [0.4, 0.5) is 0 Å². The number of Topliss-reactive ketones (excluding diaryl/α,β-unsaturated/α-hetero) is 1. The predicted molar refractivity (Wildman–Crippen MR) is 75.6 cm³/mol. The van der Waals surface area contributed by atoms with E-state index in [-0.39, 0.29) is 18.1 Å². The van der Waals surface area contributed by atoms with Crippen LogP contribution in [-0.4, -0.2) is 18.0 Å². The van der Waals surface area contributed by atoms with Crippen molar-refractivity contribution in [1.82, 2.24) is 0 Å². The lowest BCUT2D eigenvalue weighted by molar-refractivity contribution is -0.126. The lowest BCUT2D eigenvalue weighted by Crippen LogP contribution is -2.28. The van der Waals surface area contributed by atoms with Crippen LogP contribution in [0.1, 0.15) is 66.7 Å². The number of carbonyl (C=O) groups is 1. The van der Waals surface area contributed by atoms with Crippen LogP contribution >= 0.6 is 0 Å². The third-order valence-electron chi connectivity index (χ3n) is 4.65. The highest BCUT2D eigenvalue weighted by Crippen LogP contribution is 2.34. The molecule has 0 saturated carbocycles. The summed E-state index contributed by atoms with van der Waals surface area (Å²) >= 11 is 0. The van der Waals surface area contributed by atoms with Crippen molar-refractivity contribution in [3.63, 3.8) is 0 Å². The molecule has 5 atom stereocenters. The minimum absolute atomic E-state index is 0.103. The molecule has 5 unspecified atom stereocenters. The van der Waals surface area contributed by atoms with Crippen molar-refractivity contribution in [3.8, 4) is 0 Å². The molecule has 0 aromatic rings. The van der Waals surface area contributed by atoms with Gasteiger partial charge in [-0.3, -0.25) is 4.79 Å². The van der Waals surface area contributed by atoms with Gasteiger partial charge in [-0.1, -0.05) is 46.5 Å². The van der Waals surface area contributed by atoms with Gasteiger partial charge in [0, 0.05) is 12.3 Å². The normalized spacial score (nSPS) is 33.6. The summed E-state index contributed by atoms with van der Waals surface area (Å²) in [6.07, 6.45) is 5.87. The van der Waals surface area contributed by atoms with Gasteiger partial charge in [-0.05, 0) is 25.7 Å². The maximum absolute atomic E-state index is 12.5. The minimum atomic E-state index is 0.103. The predicted octanol–water partition coefficient (Wildman–Crippen LogP) is 4.22. The number of carbonyl (C=O) groups excluding carboxylic acids is 1. The molecule has 1 saturated heterocycles. The third kappa shape index (κ3) is 3.81. The molecule has 0 radical (unpaired) electrons. The van der Waals surface area contributed by atoms with Crippen LogP contribution in [0, 0.1) is 17.8 Å². The molecule has 1 rings (SSSR count). The summed E-state index contributed by atoms with van der Waals surface area (Å²) in [6.45, 7) is 10.7. The van der Waals surface area contributed by atoms with Gasteiger partial charge in [-0.15, -0.1) is 0 Å². The maximum Gasteiger partial charge on any atom is 0.139 e. The first kappa shape index (κ1) is 15.7. The van der Waals surface area contributed by atoms with Crippen molar-refractivity contribution in [2.45, 2.75) is 78.9 Å². The van der Waals surface area contributed by atoms with Crippen LogP contribution in [0.15, 0.2) is 0 Å². The van der Waals surface area contributed by atoms with Crippen LogP contribution in [0.25, 0.3) is 0 Å². The fourth-order valence-electron chi connectivity index (χ4n) is 3.19. The number of rotatable bonds is 7. The summed E-state index contributed by atoms with van der Waals surface area (Å²) < 4.78 is 5.78. The molecule has 0 amide bonds. The Morgan fingerprint density at radius 1 is 1.17 bits per heavy atom. The zero-order valence-electron chi connectivity index (χ0n) is 12.7. The highest BCUT2D eigenvalue weighted by atomic mass is 16.5. The number of hydrogen-bond donors (Lipinski definition) is 0. The molecule has 0 N–H and O–H groups in total. The maximum atomic E-state index is 12.5. The first-order valence-corrected chi connectivity index (χ1v) is 7.69. The molecule has 18 heavy (non-hydrogen) atoms. The summed E-state index contributed by atoms with van der Waals surface area (Å²) in [4.78, 5) is 12.5. The van der Waals surface area contributed by atoms with E-state index < -0.39 is 0 Å². The molecule has 1 fully saturated rings. The van der Waals surface area contributed by atoms with E-state index in [1.165, 1.54) is 19.3 Å². The average molecular weight is 254 g/mol. The van der Waals surface area contributed by atoms with Crippen LogP contribution in [0.5, 0.6) is 0 Å². The highest BCUT2D eigenvalue weighted by Gasteiger charge is 2.41. The van der Waals surface area contributed by atoms with E-state index in [0.717, 1.165) is 12.8 Å². The molecule has 2 nitrogen and oxygen atoms in total. The van der Waals surface area contributed by atoms with Crippen molar-refractivity contribution in [2.24, 2.45) is 17.8 Å². The standard InChI is InChI=1S/C16H30O2/c1-6-8-9-14(7-2)10-15(17)16-11(3)12(4)18-13(16)5/h11-14,16H,6-10H2,1-5H3. The quantitative estimate of drug-likeness (QED) is 0.680. The second-order valence-electron chi connectivity index (χ2n) is 6.02. The summed E-state index contributed by atoms with van der Waals surface area (Å²) in [6, 6.07) is 0. The molecule has 0 aliphatic carbocycles. The lowest BCUT2D eigenvalue weighted by atomic mass is 9.81. The van der Waals surface area contributed by atoms with Gasteiger partial charge in [0.05, 0.1) is 12.2 Å². The zero-order chi connectivity index (χ0) is 13.7. The van der Waals surface area contributed by atoms with Gasteiger partial charge in [0.2, 0.25) is 0 Å². The Kier molecular flexibility index (Phi) is 6.34. The van der Waals surface area contributed by atoms with E-state index in [2.05, 4.69) is 34.6 Å². The third-order valence-corrected chi connectivity index (χ3v) is 4.65. The summed E-state index contributed by atoms with van der Waals surface area (Å²) in [7, 11) is 0. The molecule has 0 spiro atoms. The molecule has 0 aromatic heterocycles. The molecule has 0 aromatic carbocycles. The first-order chi connectivity index (χ1) is 8.51. The number of hydrogen-bond acceptors (Lipinski definition) is 2. The van der Waals surface area contributed by atoms with Gasteiger partial charge in [-0.25, -0.2) is 0 Å². The van der Waals surface area contributed by atoms with Crippen molar-refractivity contribution < 1.29 is 9.53 Å². The van der Waals surface area contributed by atoms with Crippen LogP contribution < -0.4 is 0 Å². The second kappa shape index (κ2) is 7.28. The second-order valence-corrected chi connectivity index (χ2v) is 6.02. The minimum Gasteiger partial charge on any atom is -0.375 e. The van der Waals surface area contributed by atoms with Gasteiger partial charge in [-0.2, -0.15) is 0 Å². The van der Waals surface area contributed by atoms with E-state index in [9.17, 15) is 4.79 Å². The van der Waals surface area contributed by atoms with Crippen molar-refractivity contribution in [2.75, 3.05) is 0 Å². The molecule has 106 valence electrons. The topological polar surface area (TPSA) is 26.3 Å². The van der Waals surface area contributed by atoms with E-state index >= 15 is 0 Å². The molecular weight excluding hydrogens is 224 g/mol. The monoisotopic (exact) mass is 254 g/mol. The summed E-state index contributed by atoms with van der Waals surface area (Å²) in [5.41, 5.74) is 0. The molecule has 1 heterocycles. The number of unbranched alkanes of at least 4 members (excludes halogenated alkanes) is 1. The SMILES string of the molecule is CCCCC(CC)CC(=O)C1C(C)OC(C)C1C. The Morgan fingerprint density at radius 3 is 2.28 bits per heavy atom. The zero-order valence-corrected chi connectivity index (χ0v) is 12.7. The van der Waals surface area contributed by atoms with Crippen LogP contribution in [0.3, 0.4) is 0 Å². The average Bonchev–Trinajstić information content (AvgIpc) is 2.58.